The van der Waals surface area contributed by atoms with Gasteiger partial charge in [0.15, 0.2) is 0 Å². The molecular formula is C13H17BrN2S. The minimum Gasteiger partial charge on any atom is -0.313 e. The molecule has 1 aromatic rings. The highest BCUT2D eigenvalue weighted by Gasteiger charge is 2.20. The molecule has 0 bridgehead atoms. The number of halogens is 1. The molecule has 0 heterocycles. The van der Waals surface area contributed by atoms with Gasteiger partial charge in [-0.2, -0.15) is 5.26 Å². The Bertz CT molecular complexity index is 403. The molecule has 0 radical (unpaired) electrons. The van der Waals surface area contributed by atoms with Crippen molar-refractivity contribution in [2.75, 3.05) is 5.75 Å². The molecule has 4 heteroatoms. The summed E-state index contributed by atoms with van der Waals surface area (Å²) in [6.45, 7) is 1.96. The predicted molar refractivity (Wildman–Crippen MR) is 76.9 cm³/mol. The molecule has 0 saturated carbocycles. The van der Waals surface area contributed by atoms with E-state index >= 15 is 0 Å². The fourth-order valence-corrected chi connectivity index (χ4v) is 2.91. The van der Waals surface area contributed by atoms with Crippen molar-refractivity contribution >= 4 is 27.7 Å². The van der Waals surface area contributed by atoms with Gasteiger partial charge in [-0.25, -0.2) is 0 Å². The van der Waals surface area contributed by atoms with Crippen LogP contribution >= 0.6 is 27.7 Å². The van der Waals surface area contributed by atoms with E-state index < -0.39 is 5.54 Å². The van der Waals surface area contributed by atoms with Crippen molar-refractivity contribution in [3.8, 4) is 6.07 Å². The molecule has 0 saturated heterocycles. The SMILES string of the molecule is CCC(N)(C#N)CCCSc1cccc(Br)c1. The van der Waals surface area contributed by atoms with Crippen molar-refractivity contribution in [2.45, 2.75) is 36.6 Å². The van der Waals surface area contributed by atoms with Gasteiger partial charge in [-0.15, -0.1) is 11.8 Å². The van der Waals surface area contributed by atoms with E-state index in [2.05, 4.69) is 34.1 Å². The maximum atomic E-state index is 8.95. The quantitative estimate of drug-likeness (QED) is 0.639. The van der Waals surface area contributed by atoms with Gasteiger partial charge < -0.3 is 5.73 Å². The molecule has 17 heavy (non-hydrogen) atoms. The molecule has 2 nitrogen and oxygen atoms in total. The third-order valence-corrected chi connectivity index (χ3v) is 4.26. The second kappa shape index (κ2) is 7.05. The van der Waals surface area contributed by atoms with Crippen LogP contribution in [0.2, 0.25) is 0 Å². The number of thioether (sulfide) groups is 1. The van der Waals surface area contributed by atoms with Crippen LogP contribution in [-0.4, -0.2) is 11.3 Å². The van der Waals surface area contributed by atoms with Crippen molar-refractivity contribution in [2.24, 2.45) is 5.73 Å². The molecule has 1 unspecified atom stereocenters. The van der Waals surface area contributed by atoms with Crippen LogP contribution in [0.25, 0.3) is 0 Å². The Balaban J connectivity index is 2.32. The van der Waals surface area contributed by atoms with Gasteiger partial charge in [0.2, 0.25) is 0 Å². The molecule has 0 aliphatic rings. The minimum absolute atomic E-state index is 0.641. The lowest BCUT2D eigenvalue weighted by molar-refractivity contribution is 0.478. The van der Waals surface area contributed by atoms with Gasteiger partial charge in [-0.3, -0.25) is 0 Å². The lowest BCUT2D eigenvalue weighted by Gasteiger charge is -2.18. The van der Waals surface area contributed by atoms with Gasteiger partial charge in [0, 0.05) is 9.37 Å². The average Bonchev–Trinajstić information content (AvgIpc) is 2.34. The standard InChI is InChI=1S/C13H17BrN2S/c1-2-13(16,10-15)7-4-8-17-12-6-3-5-11(14)9-12/h3,5-6,9H,2,4,7-8,16H2,1H3. The zero-order chi connectivity index (χ0) is 12.7. The maximum absolute atomic E-state index is 8.95. The Hall–Kier alpha value is -0.500. The van der Waals surface area contributed by atoms with Crippen LogP contribution in [0.15, 0.2) is 33.6 Å². The highest BCUT2D eigenvalue weighted by atomic mass is 79.9. The maximum Gasteiger partial charge on any atom is 0.104 e. The molecule has 0 fully saturated rings. The largest absolute Gasteiger partial charge is 0.313 e. The van der Waals surface area contributed by atoms with E-state index in [0.717, 1.165) is 23.1 Å². The zero-order valence-corrected chi connectivity index (χ0v) is 12.4. The fourth-order valence-electron chi connectivity index (χ4n) is 1.45. The minimum atomic E-state index is -0.641. The number of hydrogen-bond acceptors (Lipinski definition) is 3. The molecule has 0 spiro atoms. The molecule has 0 aliphatic carbocycles. The summed E-state index contributed by atoms with van der Waals surface area (Å²) in [4.78, 5) is 1.25. The summed E-state index contributed by atoms with van der Waals surface area (Å²) in [6, 6.07) is 10.4. The summed E-state index contributed by atoms with van der Waals surface area (Å²) in [5.74, 6) is 0.997. The fraction of sp³-hybridized carbons (Fsp3) is 0.462. The second-order valence-corrected chi connectivity index (χ2v) is 6.11. The first-order valence-electron chi connectivity index (χ1n) is 5.68. The van der Waals surface area contributed by atoms with Crippen molar-refractivity contribution in [3.63, 3.8) is 0 Å². The van der Waals surface area contributed by atoms with E-state index in [-0.39, 0.29) is 0 Å². The van der Waals surface area contributed by atoms with Crippen LogP contribution in [0, 0.1) is 11.3 Å². The van der Waals surface area contributed by atoms with Crippen LogP contribution in [0.3, 0.4) is 0 Å². The van der Waals surface area contributed by atoms with Gasteiger partial charge in [0.25, 0.3) is 0 Å². The van der Waals surface area contributed by atoms with Crippen molar-refractivity contribution < 1.29 is 0 Å². The number of benzene rings is 1. The molecule has 1 atom stereocenters. The number of nitrogens with zero attached hydrogens (tertiary/aromatic N) is 1. The first kappa shape index (κ1) is 14.6. The molecule has 0 amide bonds. The van der Waals surface area contributed by atoms with E-state index in [1.54, 1.807) is 11.8 Å². The first-order valence-corrected chi connectivity index (χ1v) is 7.46. The van der Waals surface area contributed by atoms with Crippen molar-refractivity contribution in [3.05, 3.63) is 28.7 Å². The van der Waals surface area contributed by atoms with E-state index in [9.17, 15) is 0 Å². The van der Waals surface area contributed by atoms with E-state index in [1.807, 2.05) is 19.1 Å². The molecular weight excluding hydrogens is 296 g/mol. The molecule has 1 aromatic carbocycles. The number of nitriles is 1. The Kier molecular flexibility index (Phi) is 6.04. The molecule has 2 N–H and O–H groups in total. The second-order valence-electron chi connectivity index (χ2n) is 4.03. The highest BCUT2D eigenvalue weighted by molar-refractivity contribution is 9.10. The normalized spacial score (nSPS) is 14.0. The van der Waals surface area contributed by atoms with Crippen LogP contribution < -0.4 is 5.73 Å². The van der Waals surface area contributed by atoms with Crippen molar-refractivity contribution in [1.29, 1.82) is 5.26 Å². The summed E-state index contributed by atoms with van der Waals surface area (Å²) in [7, 11) is 0. The summed E-state index contributed by atoms with van der Waals surface area (Å²) < 4.78 is 1.10. The van der Waals surface area contributed by atoms with Crippen LogP contribution in [0.4, 0.5) is 0 Å². The lowest BCUT2D eigenvalue weighted by Crippen LogP contribution is -2.37. The Labute approximate surface area is 116 Å². The number of hydrogen-bond donors (Lipinski definition) is 1. The van der Waals surface area contributed by atoms with Gasteiger partial charge in [0.05, 0.1) is 6.07 Å². The first-order chi connectivity index (χ1) is 8.09. The number of nitrogens with two attached hydrogens (primary N) is 1. The smallest absolute Gasteiger partial charge is 0.104 e. The topological polar surface area (TPSA) is 49.8 Å². The summed E-state index contributed by atoms with van der Waals surface area (Å²) in [5, 5.41) is 8.95. The molecule has 0 aromatic heterocycles. The van der Waals surface area contributed by atoms with Gasteiger partial charge in [0.1, 0.15) is 5.54 Å². The predicted octanol–water partition coefficient (Wildman–Crippen LogP) is 3.95. The van der Waals surface area contributed by atoms with Gasteiger partial charge >= 0.3 is 0 Å². The van der Waals surface area contributed by atoms with Crippen LogP contribution in [0.5, 0.6) is 0 Å². The van der Waals surface area contributed by atoms with E-state index in [4.69, 9.17) is 11.0 Å². The zero-order valence-electron chi connectivity index (χ0n) is 9.95. The Morgan fingerprint density at radius 3 is 2.88 bits per heavy atom. The molecule has 92 valence electrons. The lowest BCUT2D eigenvalue weighted by atomic mass is 9.94. The third-order valence-electron chi connectivity index (χ3n) is 2.69. The van der Waals surface area contributed by atoms with E-state index in [0.29, 0.717) is 6.42 Å². The van der Waals surface area contributed by atoms with Crippen molar-refractivity contribution in [1.82, 2.24) is 0 Å². The highest BCUT2D eigenvalue weighted by Crippen LogP contribution is 2.24. The number of rotatable bonds is 6. The van der Waals surface area contributed by atoms with Gasteiger partial charge in [-0.1, -0.05) is 28.9 Å². The van der Waals surface area contributed by atoms with Gasteiger partial charge in [-0.05, 0) is 43.2 Å². The third kappa shape index (κ3) is 5.12. The average molecular weight is 313 g/mol. The summed E-state index contributed by atoms with van der Waals surface area (Å²) >= 11 is 5.25. The van der Waals surface area contributed by atoms with Crippen LogP contribution in [-0.2, 0) is 0 Å². The van der Waals surface area contributed by atoms with E-state index in [1.165, 1.54) is 4.90 Å². The Morgan fingerprint density at radius 1 is 1.53 bits per heavy atom. The van der Waals surface area contributed by atoms with Crippen LogP contribution in [0.1, 0.15) is 26.2 Å². The molecule has 1 rings (SSSR count). The monoisotopic (exact) mass is 312 g/mol. The summed E-state index contributed by atoms with van der Waals surface area (Å²) in [5.41, 5.74) is 5.28. The molecule has 0 aliphatic heterocycles. The summed E-state index contributed by atoms with van der Waals surface area (Å²) in [6.07, 6.45) is 2.45. The Morgan fingerprint density at radius 2 is 2.29 bits per heavy atom.